The lowest BCUT2D eigenvalue weighted by atomic mass is 9.93. The molecule has 1 aromatic carbocycles. The van der Waals surface area contributed by atoms with Gasteiger partial charge in [0.15, 0.2) is 0 Å². The largest absolute Gasteiger partial charge is 0.381 e. The van der Waals surface area contributed by atoms with Crippen molar-refractivity contribution >= 4 is 16.7 Å². The Balaban J connectivity index is 1.54. The molecule has 0 radical (unpaired) electrons. The minimum atomic E-state index is -2.66. The number of halogens is 2. The summed E-state index contributed by atoms with van der Waals surface area (Å²) in [7, 11) is 1.76. The van der Waals surface area contributed by atoms with Crippen LogP contribution < -0.4 is 0 Å². The number of hydrogen-bond donors (Lipinski definition) is 0. The SMILES string of the molecule is CCC(=O)N1CCc2c(c(-c3cncc4cc(-c5cnn(C)c5)c(C(F)F)cc34)nn2C2CCOCC2)C1. The Bertz CT molecular complexity index is 1500. The van der Waals surface area contributed by atoms with E-state index >= 15 is 0 Å². The monoisotopic (exact) mass is 520 g/mol. The molecule has 0 atom stereocenters. The molecule has 0 aliphatic carbocycles. The van der Waals surface area contributed by atoms with Crippen LogP contribution in [0.25, 0.3) is 33.2 Å². The molecule has 2 aliphatic rings. The van der Waals surface area contributed by atoms with E-state index in [0.29, 0.717) is 66.9 Å². The van der Waals surface area contributed by atoms with Gasteiger partial charge in [-0.15, -0.1) is 0 Å². The van der Waals surface area contributed by atoms with Crippen LogP contribution in [0.15, 0.2) is 36.9 Å². The fraction of sp³-hybridized carbons (Fsp3) is 0.429. The van der Waals surface area contributed by atoms with Gasteiger partial charge < -0.3 is 9.64 Å². The van der Waals surface area contributed by atoms with Crippen LogP contribution in [0.5, 0.6) is 0 Å². The Labute approximate surface area is 219 Å². The standard InChI is InChI=1S/C28H30F2N6O2/c1-3-26(37)35-7-4-25-24(16-35)27(33-36(25)19-5-8-38-9-6-19)23-14-31-12-17-10-20(18-13-32-34(2)15-18)22(28(29)30)11-21(17)23/h10-15,19,28H,3-9,16H2,1-2H3. The fourth-order valence-electron chi connectivity index (χ4n) is 5.74. The van der Waals surface area contributed by atoms with Crippen LogP contribution in [0.2, 0.25) is 0 Å². The second-order valence-corrected chi connectivity index (χ2v) is 10.0. The van der Waals surface area contributed by atoms with E-state index in [0.717, 1.165) is 29.5 Å². The van der Waals surface area contributed by atoms with Crippen molar-refractivity contribution in [3.63, 3.8) is 0 Å². The summed E-state index contributed by atoms with van der Waals surface area (Å²) in [4.78, 5) is 19.0. The second kappa shape index (κ2) is 9.90. The molecule has 38 heavy (non-hydrogen) atoms. The maximum absolute atomic E-state index is 14.4. The maximum atomic E-state index is 14.4. The third kappa shape index (κ3) is 4.26. The summed E-state index contributed by atoms with van der Waals surface area (Å²) in [5, 5.41) is 10.7. The zero-order valence-corrected chi connectivity index (χ0v) is 21.5. The van der Waals surface area contributed by atoms with E-state index in [1.165, 1.54) is 0 Å². The van der Waals surface area contributed by atoms with Gasteiger partial charge in [0.25, 0.3) is 6.43 Å². The third-order valence-corrected chi connectivity index (χ3v) is 7.71. The third-order valence-electron chi connectivity index (χ3n) is 7.71. The van der Waals surface area contributed by atoms with E-state index in [9.17, 15) is 13.6 Å². The number of amides is 1. The first-order chi connectivity index (χ1) is 18.4. The average Bonchev–Trinajstić information content (AvgIpc) is 3.55. The van der Waals surface area contributed by atoms with Crippen molar-refractivity contribution < 1.29 is 18.3 Å². The Hall–Kier alpha value is -3.66. The zero-order valence-electron chi connectivity index (χ0n) is 21.5. The molecule has 0 saturated carbocycles. The highest BCUT2D eigenvalue weighted by atomic mass is 19.3. The van der Waals surface area contributed by atoms with Crippen molar-refractivity contribution in [3.05, 3.63) is 53.7 Å². The molecule has 1 fully saturated rings. The van der Waals surface area contributed by atoms with E-state index in [-0.39, 0.29) is 17.5 Å². The Morgan fingerprint density at radius 3 is 2.68 bits per heavy atom. The number of alkyl halides is 2. The van der Waals surface area contributed by atoms with E-state index in [1.807, 2.05) is 11.8 Å². The Morgan fingerprint density at radius 2 is 1.97 bits per heavy atom. The Kier molecular flexibility index (Phi) is 6.43. The number of ether oxygens (including phenoxy) is 1. The summed E-state index contributed by atoms with van der Waals surface area (Å²) >= 11 is 0. The molecule has 198 valence electrons. The molecule has 0 unspecified atom stereocenters. The number of carbonyl (C=O) groups is 1. The molecule has 2 aliphatic heterocycles. The summed E-state index contributed by atoms with van der Waals surface area (Å²) in [6, 6.07) is 3.53. The van der Waals surface area contributed by atoms with Crippen LogP contribution in [-0.4, -0.2) is 55.1 Å². The van der Waals surface area contributed by atoms with Crippen LogP contribution in [0.1, 0.15) is 55.5 Å². The molecule has 6 rings (SSSR count). The zero-order chi connectivity index (χ0) is 26.4. The average molecular weight is 521 g/mol. The van der Waals surface area contributed by atoms with Crippen LogP contribution >= 0.6 is 0 Å². The van der Waals surface area contributed by atoms with E-state index in [4.69, 9.17) is 9.84 Å². The topological polar surface area (TPSA) is 78.1 Å². The highest BCUT2D eigenvalue weighted by Gasteiger charge is 2.31. The first kappa shape index (κ1) is 24.7. The van der Waals surface area contributed by atoms with Gasteiger partial charge in [0.05, 0.1) is 17.9 Å². The lowest BCUT2D eigenvalue weighted by molar-refractivity contribution is -0.131. The molecule has 0 bridgehead atoms. The molecular weight excluding hydrogens is 490 g/mol. The number of pyridine rings is 1. The van der Waals surface area contributed by atoms with Gasteiger partial charge in [0, 0.05) is 98.1 Å². The summed E-state index contributed by atoms with van der Waals surface area (Å²) < 4.78 is 38.0. The predicted octanol–water partition coefficient (Wildman–Crippen LogP) is 5.08. The van der Waals surface area contributed by atoms with Crippen LogP contribution in [0.3, 0.4) is 0 Å². The number of hydrogen-bond acceptors (Lipinski definition) is 5. The Morgan fingerprint density at radius 1 is 1.16 bits per heavy atom. The van der Waals surface area contributed by atoms with Gasteiger partial charge in [-0.1, -0.05) is 6.92 Å². The number of aryl methyl sites for hydroxylation is 1. The molecule has 1 saturated heterocycles. The van der Waals surface area contributed by atoms with Crippen molar-refractivity contribution in [2.24, 2.45) is 7.05 Å². The maximum Gasteiger partial charge on any atom is 0.264 e. The summed E-state index contributed by atoms with van der Waals surface area (Å²) in [5.74, 6) is 0.0950. The summed E-state index contributed by atoms with van der Waals surface area (Å²) in [5.41, 5.74) is 4.53. The number of fused-ring (bicyclic) bond motifs is 2. The summed E-state index contributed by atoms with van der Waals surface area (Å²) in [6.45, 7) is 4.32. The molecule has 10 heteroatoms. The van der Waals surface area contributed by atoms with Crippen LogP contribution in [-0.2, 0) is 29.5 Å². The van der Waals surface area contributed by atoms with E-state index in [2.05, 4.69) is 14.8 Å². The molecule has 3 aromatic heterocycles. The first-order valence-electron chi connectivity index (χ1n) is 13.1. The van der Waals surface area contributed by atoms with Crippen molar-refractivity contribution in [2.45, 2.75) is 51.6 Å². The smallest absolute Gasteiger partial charge is 0.264 e. The van der Waals surface area contributed by atoms with Gasteiger partial charge in [0.1, 0.15) is 0 Å². The molecule has 5 heterocycles. The van der Waals surface area contributed by atoms with Crippen LogP contribution in [0.4, 0.5) is 8.78 Å². The fourth-order valence-corrected chi connectivity index (χ4v) is 5.74. The number of rotatable bonds is 5. The molecule has 0 spiro atoms. The van der Waals surface area contributed by atoms with Crippen molar-refractivity contribution in [2.75, 3.05) is 19.8 Å². The van der Waals surface area contributed by atoms with Gasteiger partial charge >= 0.3 is 0 Å². The number of carbonyl (C=O) groups excluding carboxylic acids is 1. The lowest BCUT2D eigenvalue weighted by Gasteiger charge is -2.30. The number of nitrogens with zero attached hydrogens (tertiary/aromatic N) is 6. The van der Waals surface area contributed by atoms with Gasteiger partial charge in [-0.2, -0.15) is 10.2 Å². The van der Waals surface area contributed by atoms with Crippen molar-refractivity contribution in [3.8, 4) is 22.4 Å². The quantitative estimate of drug-likeness (QED) is 0.367. The minimum absolute atomic E-state index is 0.0570. The van der Waals surface area contributed by atoms with E-state index in [1.54, 1.807) is 48.6 Å². The van der Waals surface area contributed by atoms with Crippen molar-refractivity contribution in [1.82, 2.24) is 29.4 Å². The number of aromatic nitrogens is 5. The molecule has 1 amide bonds. The normalized spacial score (nSPS) is 16.4. The van der Waals surface area contributed by atoms with Gasteiger partial charge in [-0.3, -0.25) is 19.1 Å². The van der Waals surface area contributed by atoms with Gasteiger partial charge in [0.2, 0.25) is 5.91 Å². The van der Waals surface area contributed by atoms with Gasteiger partial charge in [-0.05, 0) is 35.9 Å². The predicted molar refractivity (Wildman–Crippen MR) is 139 cm³/mol. The number of benzene rings is 1. The molecule has 4 aromatic rings. The van der Waals surface area contributed by atoms with Crippen molar-refractivity contribution in [1.29, 1.82) is 0 Å². The molecule has 8 nitrogen and oxygen atoms in total. The molecular formula is C28H30F2N6O2. The second-order valence-electron chi connectivity index (χ2n) is 10.0. The highest BCUT2D eigenvalue weighted by molar-refractivity contribution is 5.99. The minimum Gasteiger partial charge on any atom is -0.381 e. The van der Waals surface area contributed by atoms with Crippen LogP contribution in [0, 0.1) is 0 Å². The van der Waals surface area contributed by atoms with E-state index < -0.39 is 6.43 Å². The lowest BCUT2D eigenvalue weighted by Crippen LogP contribution is -2.36. The van der Waals surface area contributed by atoms with Gasteiger partial charge in [-0.25, -0.2) is 8.78 Å². The first-order valence-corrected chi connectivity index (χ1v) is 13.1. The molecule has 0 N–H and O–H groups in total. The highest BCUT2D eigenvalue weighted by Crippen LogP contribution is 2.40. The summed E-state index contributed by atoms with van der Waals surface area (Å²) in [6.07, 6.45) is 6.93.